The Hall–Kier alpha value is -1.82. The summed E-state index contributed by atoms with van der Waals surface area (Å²) >= 11 is 0. The Morgan fingerprint density at radius 1 is 0.903 bits per heavy atom. The molecule has 2 atom stereocenters. The van der Waals surface area contributed by atoms with Gasteiger partial charge in [-0.2, -0.15) is 9.57 Å². The lowest BCUT2D eigenvalue weighted by atomic mass is 9.71. The maximum absolute atomic E-state index is 11.7. The molecule has 0 saturated carbocycles. The summed E-state index contributed by atoms with van der Waals surface area (Å²) in [6.07, 6.45) is 2.90. The fourth-order valence-corrected chi connectivity index (χ4v) is 6.51. The zero-order valence-corrected chi connectivity index (χ0v) is 19.9. The average molecular weight is 446 g/mol. The number of unbranched alkanes of at least 4 members (excludes halogenated alkanes) is 1. The van der Waals surface area contributed by atoms with Gasteiger partial charge in [0, 0.05) is 81.0 Å². The Bertz CT molecular complexity index is 916. The number of anilines is 2. The first kappa shape index (κ1) is 22.4. The average Bonchev–Trinajstić information content (AvgIpc) is 3.11. The molecule has 3 heterocycles. The van der Waals surface area contributed by atoms with Crippen LogP contribution in [0.4, 0.5) is 11.4 Å². The molecule has 3 aliphatic rings. The van der Waals surface area contributed by atoms with E-state index in [9.17, 15) is 8.42 Å². The molecule has 7 nitrogen and oxygen atoms in total. The zero-order chi connectivity index (χ0) is 22.3. The van der Waals surface area contributed by atoms with Gasteiger partial charge in [0.2, 0.25) is 10.0 Å². The van der Waals surface area contributed by atoms with Gasteiger partial charge in [0.15, 0.2) is 0 Å². The first-order chi connectivity index (χ1) is 14.6. The summed E-state index contributed by atoms with van der Waals surface area (Å²) in [5.74, 6) is 0. The Morgan fingerprint density at radius 2 is 1.42 bits per heavy atom. The molecule has 0 spiro atoms. The number of benzene rings is 1. The molecule has 3 fully saturated rings. The van der Waals surface area contributed by atoms with Gasteiger partial charge < -0.3 is 14.7 Å². The van der Waals surface area contributed by atoms with Crippen LogP contribution in [0.15, 0.2) is 24.3 Å². The second kappa shape index (κ2) is 8.27. The van der Waals surface area contributed by atoms with Crippen LogP contribution in [0.2, 0.25) is 0 Å². The van der Waals surface area contributed by atoms with Gasteiger partial charge in [-0.3, -0.25) is 0 Å². The number of sulfonamides is 1. The third kappa shape index (κ3) is 4.41. The fourth-order valence-electron chi connectivity index (χ4n) is 5.68. The number of fused-ring (bicyclic) bond motifs is 1. The van der Waals surface area contributed by atoms with Crippen LogP contribution >= 0.6 is 0 Å². The topological polar surface area (TPSA) is 70.9 Å². The standard InChI is InChI=1S/C23H35N5O2S/c1-22-16-25(11-5-4-10-24)17-23(22,2)19-27(18-22)21-8-6-20(7-9-21)26-12-14-28(15-13-26)31(3,29)30/h6-9H,4-5,11-19H2,1-3H3/t22-,23+. The first-order valence-electron chi connectivity index (χ1n) is 11.3. The van der Waals surface area contributed by atoms with E-state index >= 15 is 0 Å². The number of nitrogens with zero attached hydrogens (tertiary/aromatic N) is 5. The molecule has 1 aromatic rings. The molecule has 0 aromatic heterocycles. The zero-order valence-electron chi connectivity index (χ0n) is 19.0. The van der Waals surface area contributed by atoms with E-state index in [0.29, 0.717) is 19.5 Å². The SMILES string of the molecule is C[C@@]12CN(CCCC#N)C[C@]1(C)CN(c1ccc(N3CCN(S(C)(=O)=O)CC3)cc1)C2. The molecule has 0 bridgehead atoms. The van der Waals surface area contributed by atoms with E-state index in [1.165, 1.54) is 11.9 Å². The van der Waals surface area contributed by atoms with E-state index in [4.69, 9.17) is 5.26 Å². The van der Waals surface area contributed by atoms with E-state index < -0.39 is 10.0 Å². The summed E-state index contributed by atoms with van der Waals surface area (Å²) in [4.78, 5) is 7.35. The Morgan fingerprint density at radius 3 is 1.90 bits per heavy atom. The minimum absolute atomic E-state index is 0.264. The summed E-state index contributed by atoms with van der Waals surface area (Å²) in [6.45, 7) is 12.8. The van der Waals surface area contributed by atoms with Gasteiger partial charge in [-0.15, -0.1) is 0 Å². The molecular formula is C23H35N5O2S. The normalized spacial score (nSPS) is 29.9. The summed E-state index contributed by atoms with van der Waals surface area (Å²) in [7, 11) is -3.10. The predicted molar refractivity (Wildman–Crippen MR) is 125 cm³/mol. The van der Waals surface area contributed by atoms with Gasteiger partial charge in [-0.05, 0) is 37.2 Å². The Kier molecular flexibility index (Phi) is 5.97. The van der Waals surface area contributed by atoms with Crippen LogP contribution in [0.1, 0.15) is 26.7 Å². The molecule has 0 unspecified atom stereocenters. The van der Waals surface area contributed by atoms with Gasteiger partial charge in [0.1, 0.15) is 0 Å². The summed E-state index contributed by atoms with van der Waals surface area (Å²) in [6, 6.07) is 11.1. The smallest absolute Gasteiger partial charge is 0.211 e. The van der Waals surface area contributed by atoms with Crippen LogP contribution in [0.5, 0.6) is 0 Å². The molecular weight excluding hydrogens is 410 g/mol. The number of hydrogen-bond donors (Lipinski definition) is 0. The largest absolute Gasteiger partial charge is 0.370 e. The molecule has 4 rings (SSSR count). The van der Waals surface area contributed by atoms with Crippen LogP contribution in [-0.4, -0.2) is 82.8 Å². The third-order valence-electron chi connectivity index (χ3n) is 7.73. The molecule has 0 radical (unpaired) electrons. The maximum Gasteiger partial charge on any atom is 0.211 e. The minimum atomic E-state index is -3.10. The van der Waals surface area contributed by atoms with Gasteiger partial charge in [-0.1, -0.05) is 13.8 Å². The highest BCUT2D eigenvalue weighted by Crippen LogP contribution is 2.52. The number of piperazine rings is 1. The molecule has 8 heteroatoms. The van der Waals surface area contributed by atoms with Crippen LogP contribution in [0.25, 0.3) is 0 Å². The summed E-state index contributed by atoms with van der Waals surface area (Å²) in [5.41, 5.74) is 2.96. The molecule has 0 aliphatic carbocycles. The van der Waals surface area contributed by atoms with Crippen molar-refractivity contribution in [2.24, 2.45) is 10.8 Å². The predicted octanol–water partition coefficient (Wildman–Crippen LogP) is 2.22. The highest BCUT2D eigenvalue weighted by molar-refractivity contribution is 7.88. The Labute approximate surface area is 187 Å². The van der Waals surface area contributed by atoms with E-state index in [1.807, 2.05) is 0 Å². The second-order valence-electron chi connectivity index (χ2n) is 10.1. The molecule has 0 amide bonds. The van der Waals surface area contributed by atoms with Crippen LogP contribution in [0, 0.1) is 22.2 Å². The van der Waals surface area contributed by atoms with Gasteiger partial charge in [-0.25, -0.2) is 8.42 Å². The highest BCUT2D eigenvalue weighted by atomic mass is 32.2. The van der Waals surface area contributed by atoms with E-state index in [-0.39, 0.29) is 10.8 Å². The van der Waals surface area contributed by atoms with Crippen molar-refractivity contribution < 1.29 is 8.42 Å². The summed E-state index contributed by atoms with van der Waals surface area (Å²) < 4.78 is 25.0. The van der Waals surface area contributed by atoms with Crippen molar-refractivity contribution in [2.45, 2.75) is 26.7 Å². The van der Waals surface area contributed by atoms with Crippen molar-refractivity contribution in [1.82, 2.24) is 9.21 Å². The van der Waals surface area contributed by atoms with Gasteiger partial charge >= 0.3 is 0 Å². The van der Waals surface area contributed by atoms with E-state index in [1.54, 1.807) is 4.31 Å². The molecule has 3 aliphatic heterocycles. The number of likely N-dealkylation sites (tertiary alicyclic amines) is 1. The quantitative estimate of drug-likeness (QED) is 0.626. The maximum atomic E-state index is 11.7. The van der Waals surface area contributed by atoms with E-state index in [0.717, 1.165) is 57.9 Å². The molecule has 0 N–H and O–H groups in total. The summed E-state index contributed by atoms with van der Waals surface area (Å²) in [5, 5.41) is 8.81. The third-order valence-corrected chi connectivity index (χ3v) is 9.04. The fraction of sp³-hybridized carbons (Fsp3) is 0.696. The van der Waals surface area contributed by atoms with Crippen molar-refractivity contribution in [3.05, 3.63) is 24.3 Å². The lowest BCUT2D eigenvalue weighted by Gasteiger charge is -2.35. The number of rotatable bonds is 6. The molecule has 1 aromatic carbocycles. The lowest BCUT2D eigenvalue weighted by Crippen LogP contribution is -2.48. The van der Waals surface area contributed by atoms with Crippen molar-refractivity contribution in [2.75, 3.05) is 75.0 Å². The van der Waals surface area contributed by atoms with Crippen LogP contribution in [-0.2, 0) is 10.0 Å². The monoisotopic (exact) mass is 445 g/mol. The van der Waals surface area contributed by atoms with E-state index in [2.05, 4.69) is 58.9 Å². The first-order valence-corrected chi connectivity index (χ1v) is 13.1. The number of hydrogen-bond acceptors (Lipinski definition) is 6. The van der Waals surface area contributed by atoms with Crippen molar-refractivity contribution >= 4 is 21.4 Å². The van der Waals surface area contributed by atoms with Crippen molar-refractivity contribution in [3.8, 4) is 6.07 Å². The lowest BCUT2D eigenvalue weighted by molar-refractivity contribution is 0.212. The minimum Gasteiger partial charge on any atom is -0.370 e. The van der Waals surface area contributed by atoms with Crippen LogP contribution < -0.4 is 9.80 Å². The number of nitriles is 1. The van der Waals surface area contributed by atoms with Gasteiger partial charge in [0.05, 0.1) is 12.3 Å². The molecule has 3 saturated heterocycles. The van der Waals surface area contributed by atoms with Crippen molar-refractivity contribution in [1.29, 1.82) is 5.26 Å². The molecule has 170 valence electrons. The highest BCUT2D eigenvalue weighted by Gasteiger charge is 2.57. The Balaban J connectivity index is 1.36. The van der Waals surface area contributed by atoms with Crippen LogP contribution in [0.3, 0.4) is 0 Å². The van der Waals surface area contributed by atoms with Crippen molar-refractivity contribution in [3.63, 3.8) is 0 Å². The molecule has 31 heavy (non-hydrogen) atoms. The van der Waals surface area contributed by atoms with Gasteiger partial charge in [0.25, 0.3) is 0 Å². The second-order valence-corrected chi connectivity index (χ2v) is 12.1.